The molecule has 0 radical (unpaired) electrons. The molecule has 1 aliphatic carbocycles. The number of benzene rings is 1. The molecule has 3 nitrogen and oxygen atoms in total. The fraction of sp³-hybridized carbons (Fsp3) is 0.429. The lowest BCUT2D eigenvalue weighted by Gasteiger charge is -2.25. The van der Waals surface area contributed by atoms with Gasteiger partial charge in [0, 0.05) is 24.1 Å². The highest BCUT2D eigenvalue weighted by atomic mass is 32.1. The summed E-state index contributed by atoms with van der Waals surface area (Å²) >= 11 is 5.05. The molecule has 4 heteroatoms. The van der Waals surface area contributed by atoms with Crippen molar-refractivity contribution in [3.63, 3.8) is 0 Å². The third-order valence-electron chi connectivity index (χ3n) is 3.83. The van der Waals surface area contributed by atoms with Crippen LogP contribution in [0.15, 0.2) is 24.3 Å². The maximum atomic E-state index is 12.4. The van der Waals surface area contributed by atoms with Gasteiger partial charge >= 0.3 is 0 Å². The van der Waals surface area contributed by atoms with Gasteiger partial charge in [-0.3, -0.25) is 4.79 Å². The van der Waals surface area contributed by atoms with Crippen LogP contribution in [0.5, 0.6) is 0 Å². The summed E-state index contributed by atoms with van der Waals surface area (Å²) in [6, 6.07) is 8.27. The van der Waals surface area contributed by atoms with Gasteiger partial charge in [0.15, 0.2) is 10.9 Å². The normalized spacial score (nSPS) is 26.4. The van der Waals surface area contributed by atoms with Gasteiger partial charge < -0.3 is 10.6 Å². The Bertz CT molecular complexity index is 500. The van der Waals surface area contributed by atoms with Gasteiger partial charge in [-0.05, 0) is 37.0 Å². The summed E-state index contributed by atoms with van der Waals surface area (Å²) in [4.78, 5) is 12.4. The van der Waals surface area contributed by atoms with Crippen LogP contribution in [0, 0.1) is 5.92 Å². The summed E-state index contributed by atoms with van der Waals surface area (Å²) in [5, 5.41) is 7.03. The van der Waals surface area contributed by atoms with Gasteiger partial charge in [-0.15, -0.1) is 0 Å². The molecule has 0 saturated carbocycles. The number of Topliss-reactive ketones (excluding diaryl/α,β-unsaturated/α-hetero) is 1. The summed E-state index contributed by atoms with van der Waals surface area (Å²) in [6.45, 7) is 0.838. The lowest BCUT2D eigenvalue weighted by Crippen LogP contribution is -2.33. The Morgan fingerprint density at radius 2 is 2.17 bits per heavy atom. The van der Waals surface area contributed by atoms with E-state index in [0.717, 1.165) is 31.4 Å². The number of carbonyl (C=O) groups excluding carboxylic acids is 1. The van der Waals surface area contributed by atoms with Crippen LogP contribution in [-0.2, 0) is 6.42 Å². The summed E-state index contributed by atoms with van der Waals surface area (Å²) in [5.74, 6) is 0.441. The van der Waals surface area contributed by atoms with Gasteiger partial charge in [-0.1, -0.05) is 24.3 Å². The number of carbonyl (C=O) groups is 1. The smallest absolute Gasteiger partial charge is 0.166 e. The maximum absolute atomic E-state index is 12.4. The Morgan fingerprint density at radius 3 is 2.94 bits per heavy atom. The average Bonchev–Trinajstić information content (AvgIpc) is 2.79. The highest BCUT2D eigenvalue weighted by Gasteiger charge is 2.30. The summed E-state index contributed by atoms with van der Waals surface area (Å²) in [5.41, 5.74) is 2.12. The molecule has 1 aliphatic heterocycles. The molecule has 94 valence electrons. The molecule has 1 saturated heterocycles. The fourth-order valence-corrected chi connectivity index (χ4v) is 3.12. The molecule has 0 aromatic heterocycles. The standard InChI is InChI=1S/C14H16N2OS/c17-13-10(7-11-8-15-14(18)16-11)6-5-9-3-1-2-4-12(9)13/h1-4,10-11H,5-8H2,(H2,15,16,18). The highest BCUT2D eigenvalue weighted by molar-refractivity contribution is 7.80. The molecule has 1 aromatic rings. The molecule has 1 fully saturated rings. The topological polar surface area (TPSA) is 41.1 Å². The third-order valence-corrected chi connectivity index (χ3v) is 4.09. The van der Waals surface area contributed by atoms with Gasteiger partial charge in [0.1, 0.15) is 0 Å². The minimum absolute atomic E-state index is 0.139. The Labute approximate surface area is 112 Å². The molecule has 0 spiro atoms. The van der Waals surface area contributed by atoms with Crippen molar-refractivity contribution in [2.24, 2.45) is 5.92 Å². The van der Waals surface area contributed by atoms with Crippen LogP contribution >= 0.6 is 12.2 Å². The zero-order chi connectivity index (χ0) is 12.5. The molecule has 0 amide bonds. The Morgan fingerprint density at radius 1 is 1.33 bits per heavy atom. The van der Waals surface area contributed by atoms with Crippen LogP contribution in [0.25, 0.3) is 0 Å². The number of aryl methyl sites for hydroxylation is 1. The van der Waals surface area contributed by atoms with Crippen molar-refractivity contribution in [2.75, 3.05) is 6.54 Å². The van der Waals surface area contributed by atoms with Gasteiger partial charge in [0.25, 0.3) is 0 Å². The first kappa shape index (κ1) is 11.7. The lowest BCUT2D eigenvalue weighted by molar-refractivity contribution is 0.0888. The number of ketones is 1. The highest BCUT2D eigenvalue weighted by Crippen LogP contribution is 2.28. The zero-order valence-corrected chi connectivity index (χ0v) is 10.9. The van der Waals surface area contributed by atoms with Crippen molar-refractivity contribution in [1.29, 1.82) is 0 Å². The Balaban J connectivity index is 1.73. The fourth-order valence-electron chi connectivity index (χ4n) is 2.87. The monoisotopic (exact) mass is 260 g/mol. The van der Waals surface area contributed by atoms with Crippen molar-refractivity contribution < 1.29 is 4.79 Å². The molecule has 2 aliphatic rings. The minimum atomic E-state index is 0.139. The molecular formula is C14H16N2OS. The molecule has 2 unspecified atom stereocenters. The molecule has 3 rings (SSSR count). The SMILES string of the molecule is O=C1c2ccccc2CCC1CC1CNC(=S)N1. The van der Waals surface area contributed by atoms with E-state index in [0.29, 0.717) is 16.9 Å². The number of rotatable bonds is 2. The first-order valence-electron chi connectivity index (χ1n) is 6.40. The van der Waals surface area contributed by atoms with E-state index in [-0.39, 0.29) is 5.92 Å². The van der Waals surface area contributed by atoms with Gasteiger partial charge in [0.05, 0.1) is 0 Å². The molecule has 2 N–H and O–H groups in total. The van der Waals surface area contributed by atoms with Crippen molar-refractivity contribution in [1.82, 2.24) is 10.6 Å². The van der Waals surface area contributed by atoms with E-state index in [1.165, 1.54) is 5.56 Å². The van der Waals surface area contributed by atoms with Crippen molar-refractivity contribution in [2.45, 2.75) is 25.3 Å². The van der Waals surface area contributed by atoms with Crippen LogP contribution < -0.4 is 10.6 Å². The number of nitrogens with one attached hydrogen (secondary N) is 2. The second-order valence-corrected chi connectivity index (χ2v) is 5.45. The minimum Gasteiger partial charge on any atom is -0.361 e. The van der Waals surface area contributed by atoms with E-state index in [2.05, 4.69) is 16.7 Å². The van der Waals surface area contributed by atoms with Gasteiger partial charge in [-0.25, -0.2) is 0 Å². The van der Waals surface area contributed by atoms with Gasteiger partial charge in [0.2, 0.25) is 0 Å². The quantitative estimate of drug-likeness (QED) is 0.794. The first-order valence-corrected chi connectivity index (χ1v) is 6.81. The van der Waals surface area contributed by atoms with Crippen LogP contribution in [0.3, 0.4) is 0 Å². The lowest BCUT2D eigenvalue weighted by atomic mass is 9.80. The number of hydrogen-bond acceptors (Lipinski definition) is 2. The maximum Gasteiger partial charge on any atom is 0.166 e. The largest absolute Gasteiger partial charge is 0.361 e. The number of fused-ring (bicyclic) bond motifs is 1. The molecular weight excluding hydrogens is 244 g/mol. The third kappa shape index (κ3) is 2.12. The van der Waals surface area contributed by atoms with E-state index in [9.17, 15) is 4.79 Å². The van der Waals surface area contributed by atoms with Crippen LogP contribution in [-0.4, -0.2) is 23.5 Å². The molecule has 1 heterocycles. The second kappa shape index (κ2) is 4.69. The van der Waals surface area contributed by atoms with Crippen molar-refractivity contribution >= 4 is 23.1 Å². The predicted octanol–water partition coefficient (Wildman–Crippen LogP) is 1.67. The predicted molar refractivity (Wildman–Crippen MR) is 74.7 cm³/mol. The van der Waals surface area contributed by atoms with E-state index < -0.39 is 0 Å². The van der Waals surface area contributed by atoms with E-state index >= 15 is 0 Å². The molecule has 18 heavy (non-hydrogen) atoms. The zero-order valence-electron chi connectivity index (χ0n) is 10.1. The van der Waals surface area contributed by atoms with E-state index in [1.54, 1.807) is 0 Å². The van der Waals surface area contributed by atoms with E-state index in [4.69, 9.17) is 12.2 Å². The van der Waals surface area contributed by atoms with Gasteiger partial charge in [-0.2, -0.15) is 0 Å². The summed E-state index contributed by atoms with van der Waals surface area (Å²) in [7, 11) is 0. The number of thiocarbonyl (C=S) groups is 1. The Hall–Kier alpha value is -1.42. The molecule has 1 aromatic carbocycles. The van der Waals surface area contributed by atoms with Crippen LogP contribution in [0.4, 0.5) is 0 Å². The summed E-state index contributed by atoms with van der Waals surface area (Å²) < 4.78 is 0. The second-order valence-electron chi connectivity index (χ2n) is 5.04. The van der Waals surface area contributed by atoms with Crippen molar-refractivity contribution in [3.8, 4) is 0 Å². The molecule has 2 atom stereocenters. The van der Waals surface area contributed by atoms with Crippen LogP contribution in [0.2, 0.25) is 0 Å². The summed E-state index contributed by atoms with van der Waals surface area (Å²) in [6.07, 6.45) is 2.85. The van der Waals surface area contributed by atoms with Crippen LogP contribution in [0.1, 0.15) is 28.8 Å². The van der Waals surface area contributed by atoms with E-state index in [1.807, 2.05) is 18.2 Å². The average molecular weight is 260 g/mol. The first-order chi connectivity index (χ1) is 8.74. The Kier molecular flexibility index (Phi) is 3.04. The van der Waals surface area contributed by atoms with Crippen molar-refractivity contribution in [3.05, 3.63) is 35.4 Å². The molecule has 0 bridgehead atoms. The number of hydrogen-bond donors (Lipinski definition) is 2.